The van der Waals surface area contributed by atoms with Crippen molar-refractivity contribution in [2.24, 2.45) is 5.92 Å². The molecule has 0 aromatic carbocycles. The molecule has 0 unspecified atom stereocenters. The van der Waals surface area contributed by atoms with Crippen LogP contribution in [0.25, 0.3) is 0 Å². The first-order chi connectivity index (χ1) is 14.3. The van der Waals surface area contributed by atoms with E-state index in [0.717, 1.165) is 32.3 Å². The zero-order valence-electron chi connectivity index (χ0n) is 18.4. The largest absolute Gasteiger partial charge is 0.459 e. The molecule has 166 valence electrons. The summed E-state index contributed by atoms with van der Waals surface area (Å²) in [6, 6.07) is 0. The van der Waals surface area contributed by atoms with Gasteiger partial charge in [-0.1, -0.05) is 0 Å². The van der Waals surface area contributed by atoms with Gasteiger partial charge in [-0.15, -0.1) is 0 Å². The van der Waals surface area contributed by atoms with E-state index in [2.05, 4.69) is 10.3 Å². The van der Waals surface area contributed by atoms with Crippen LogP contribution in [0.2, 0.25) is 0 Å². The Morgan fingerprint density at radius 3 is 2.67 bits per heavy atom. The number of nitrogens with zero attached hydrogens (tertiary/aromatic N) is 1. The SMILES string of the molecule is Cc1[nH]c(C(=O)N2CCC[C@@H](C(=O)NC[C@@H]3CCCO3)C2)c(C)c1C(=O)OC(C)C. The van der Waals surface area contributed by atoms with Gasteiger partial charge >= 0.3 is 5.97 Å². The topological polar surface area (TPSA) is 101 Å². The Labute approximate surface area is 177 Å². The summed E-state index contributed by atoms with van der Waals surface area (Å²) in [6.07, 6.45) is 3.40. The number of carbonyl (C=O) groups is 3. The maximum Gasteiger partial charge on any atom is 0.340 e. The molecule has 2 fully saturated rings. The van der Waals surface area contributed by atoms with Crippen LogP contribution in [0.4, 0.5) is 0 Å². The summed E-state index contributed by atoms with van der Waals surface area (Å²) in [5, 5.41) is 2.98. The third-order valence-electron chi connectivity index (χ3n) is 5.81. The molecule has 0 spiro atoms. The summed E-state index contributed by atoms with van der Waals surface area (Å²) in [6.45, 7) is 9.35. The molecule has 2 saturated heterocycles. The van der Waals surface area contributed by atoms with Crippen molar-refractivity contribution in [3.8, 4) is 0 Å². The van der Waals surface area contributed by atoms with Crippen molar-refractivity contribution in [2.45, 2.75) is 65.6 Å². The number of hydrogen-bond acceptors (Lipinski definition) is 5. The highest BCUT2D eigenvalue weighted by atomic mass is 16.5. The predicted molar refractivity (Wildman–Crippen MR) is 111 cm³/mol. The van der Waals surface area contributed by atoms with E-state index >= 15 is 0 Å². The van der Waals surface area contributed by atoms with Gasteiger partial charge in [-0.2, -0.15) is 0 Å². The molecule has 2 N–H and O–H groups in total. The number of H-pyrrole nitrogens is 1. The highest BCUT2D eigenvalue weighted by Gasteiger charge is 2.32. The fraction of sp³-hybridized carbons (Fsp3) is 0.682. The monoisotopic (exact) mass is 419 g/mol. The summed E-state index contributed by atoms with van der Waals surface area (Å²) >= 11 is 0. The number of rotatable bonds is 6. The summed E-state index contributed by atoms with van der Waals surface area (Å²) in [4.78, 5) is 42.9. The Morgan fingerprint density at radius 1 is 1.23 bits per heavy atom. The molecule has 0 saturated carbocycles. The number of piperidine rings is 1. The smallest absolute Gasteiger partial charge is 0.340 e. The lowest BCUT2D eigenvalue weighted by Gasteiger charge is -2.32. The number of aryl methyl sites for hydroxylation is 1. The molecule has 0 radical (unpaired) electrons. The number of aromatic amines is 1. The van der Waals surface area contributed by atoms with E-state index in [0.29, 0.717) is 42.1 Å². The zero-order valence-corrected chi connectivity index (χ0v) is 18.4. The van der Waals surface area contributed by atoms with Gasteiger partial charge in [-0.3, -0.25) is 9.59 Å². The third kappa shape index (κ3) is 5.03. The van der Waals surface area contributed by atoms with Crippen molar-refractivity contribution in [3.05, 3.63) is 22.5 Å². The molecule has 0 bridgehead atoms. The lowest BCUT2D eigenvalue weighted by atomic mass is 9.96. The molecule has 0 aliphatic carbocycles. The molecular weight excluding hydrogens is 386 g/mol. The zero-order chi connectivity index (χ0) is 21.8. The summed E-state index contributed by atoms with van der Waals surface area (Å²) in [5.74, 6) is -0.870. The van der Waals surface area contributed by atoms with E-state index in [-0.39, 0.29) is 29.9 Å². The van der Waals surface area contributed by atoms with Crippen molar-refractivity contribution in [3.63, 3.8) is 0 Å². The van der Waals surface area contributed by atoms with Crippen LogP contribution < -0.4 is 5.32 Å². The number of ether oxygens (including phenoxy) is 2. The maximum absolute atomic E-state index is 13.2. The summed E-state index contributed by atoms with van der Waals surface area (Å²) < 4.78 is 10.9. The van der Waals surface area contributed by atoms with Crippen molar-refractivity contribution in [1.29, 1.82) is 0 Å². The minimum Gasteiger partial charge on any atom is -0.459 e. The Morgan fingerprint density at radius 2 is 2.00 bits per heavy atom. The van der Waals surface area contributed by atoms with E-state index in [9.17, 15) is 14.4 Å². The fourth-order valence-electron chi connectivity index (χ4n) is 4.24. The number of aromatic nitrogens is 1. The minimum atomic E-state index is -0.430. The number of hydrogen-bond donors (Lipinski definition) is 2. The van der Waals surface area contributed by atoms with Gasteiger partial charge in [0, 0.05) is 31.9 Å². The molecule has 2 aliphatic rings. The second kappa shape index (κ2) is 9.64. The van der Waals surface area contributed by atoms with E-state index < -0.39 is 5.97 Å². The number of amides is 2. The van der Waals surface area contributed by atoms with Crippen molar-refractivity contribution >= 4 is 17.8 Å². The second-order valence-corrected chi connectivity index (χ2v) is 8.55. The van der Waals surface area contributed by atoms with Gasteiger partial charge in [-0.25, -0.2) is 4.79 Å². The van der Waals surface area contributed by atoms with Gasteiger partial charge in [0.15, 0.2) is 0 Å². The quantitative estimate of drug-likeness (QED) is 0.690. The van der Waals surface area contributed by atoms with Crippen molar-refractivity contribution in [2.75, 3.05) is 26.2 Å². The highest BCUT2D eigenvalue weighted by Crippen LogP contribution is 2.24. The van der Waals surface area contributed by atoms with Crippen LogP contribution in [0.15, 0.2) is 0 Å². The van der Waals surface area contributed by atoms with Crippen LogP contribution in [0, 0.1) is 19.8 Å². The predicted octanol–water partition coefficient (Wildman–Crippen LogP) is 2.34. The average molecular weight is 420 g/mol. The van der Waals surface area contributed by atoms with Crippen LogP contribution >= 0.6 is 0 Å². The van der Waals surface area contributed by atoms with Crippen LogP contribution in [-0.4, -0.2) is 66.1 Å². The third-order valence-corrected chi connectivity index (χ3v) is 5.81. The number of nitrogens with one attached hydrogen (secondary N) is 2. The molecule has 8 nitrogen and oxygen atoms in total. The van der Waals surface area contributed by atoms with Gasteiger partial charge in [0.1, 0.15) is 5.69 Å². The Kier molecular flexibility index (Phi) is 7.18. The van der Waals surface area contributed by atoms with Crippen LogP contribution in [-0.2, 0) is 14.3 Å². The minimum absolute atomic E-state index is 0.0245. The number of likely N-dealkylation sites (tertiary alicyclic amines) is 1. The van der Waals surface area contributed by atoms with E-state index in [1.54, 1.807) is 32.6 Å². The van der Waals surface area contributed by atoms with Gasteiger partial charge in [-0.05, 0) is 58.9 Å². The summed E-state index contributed by atoms with van der Waals surface area (Å²) in [5.41, 5.74) is 2.01. The second-order valence-electron chi connectivity index (χ2n) is 8.55. The van der Waals surface area contributed by atoms with Gasteiger partial charge < -0.3 is 24.7 Å². The molecule has 2 atom stereocenters. The van der Waals surface area contributed by atoms with Crippen molar-refractivity contribution < 1.29 is 23.9 Å². The molecule has 1 aromatic heterocycles. The van der Waals surface area contributed by atoms with Crippen molar-refractivity contribution in [1.82, 2.24) is 15.2 Å². The Bertz CT molecular complexity index is 795. The van der Waals surface area contributed by atoms with Gasteiger partial charge in [0.25, 0.3) is 5.91 Å². The van der Waals surface area contributed by atoms with Gasteiger partial charge in [0.05, 0.1) is 23.7 Å². The van der Waals surface area contributed by atoms with E-state index in [4.69, 9.17) is 9.47 Å². The molecule has 3 heterocycles. The average Bonchev–Trinajstić information content (AvgIpc) is 3.32. The Hall–Kier alpha value is -2.35. The first kappa shape index (κ1) is 22.3. The van der Waals surface area contributed by atoms with Crippen LogP contribution in [0.1, 0.15) is 71.6 Å². The maximum atomic E-state index is 13.2. The molecule has 3 rings (SSSR count). The lowest BCUT2D eigenvalue weighted by molar-refractivity contribution is -0.126. The highest BCUT2D eigenvalue weighted by molar-refractivity contribution is 6.00. The molecule has 30 heavy (non-hydrogen) atoms. The number of carbonyl (C=O) groups excluding carboxylic acids is 3. The van der Waals surface area contributed by atoms with E-state index in [1.807, 2.05) is 0 Å². The van der Waals surface area contributed by atoms with E-state index in [1.165, 1.54) is 0 Å². The van der Waals surface area contributed by atoms with Crippen LogP contribution in [0.5, 0.6) is 0 Å². The first-order valence-electron chi connectivity index (χ1n) is 10.9. The fourth-order valence-corrected chi connectivity index (χ4v) is 4.24. The lowest BCUT2D eigenvalue weighted by Crippen LogP contribution is -2.46. The molecule has 8 heteroatoms. The van der Waals surface area contributed by atoms with Gasteiger partial charge in [0.2, 0.25) is 5.91 Å². The molecular formula is C22H33N3O5. The molecule has 2 amide bonds. The Balaban J connectivity index is 1.64. The molecule has 2 aliphatic heterocycles. The first-order valence-corrected chi connectivity index (χ1v) is 10.9. The summed E-state index contributed by atoms with van der Waals surface area (Å²) in [7, 11) is 0. The normalized spacial score (nSPS) is 21.7. The standard InChI is InChI=1S/C22H33N3O5/c1-13(2)30-22(28)18-14(3)19(24-15(18)4)21(27)25-9-5-7-16(12-25)20(26)23-11-17-8-6-10-29-17/h13,16-17,24H,5-12H2,1-4H3,(H,23,26)/t16-,17+/m1/s1. The number of esters is 1. The van der Waals surface area contributed by atoms with Crippen LogP contribution in [0.3, 0.4) is 0 Å². The molecule has 1 aromatic rings.